The zero-order chi connectivity index (χ0) is 15.3. The van der Waals surface area contributed by atoms with E-state index in [2.05, 4.69) is 52.8 Å². The molecule has 0 radical (unpaired) electrons. The molecule has 0 unspecified atom stereocenters. The fourth-order valence-electron chi connectivity index (χ4n) is 2.48. The Kier molecular flexibility index (Phi) is 3.57. The highest BCUT2D eigenvalue weighted by Gasteiger charge is 2.51. The summed E-state index contributed by atoms with van der Waals surface area (Å²) in [5.74, 6) is 1.01. The summed E-state index contributed by atoms with van der Waals surface area (Å²) in [5.41, 5.74) is 1.71. The largest absolute Gasteiger partial charge is 0.494 e. The van der Waals surface area contributed by atoms with Gasteiger partial charge in [0.15, 0.2) is 0 Å². The molecule has 1 heterocycles. The molecule has 2 fully saturated rings. The van der Waals surface area contributed by atoms with Gasteiger partial charge in [-0.25, -0.2) is 0 Å². The van der Waals surface area contributed by atoms with Crippen LogP contribution in [-0.2, 0) is 15.7 Å². The zero-order valence-corrected chi connectivity index (χ0v) is 13.7. The van der Waals surface area contributed by atoms with E-state index in [1.54, 1.807) is 0 Å². The van der Waals surface area contributed by atoms with Crippen molar-refractivity contribution >= 4 is 12.6 Å². The Morgan fingerprint density at radius 2 is 1.76 bits per heavy atom. The Balaban J connectivity index is 1.83. The number of aryl methyl sites for hydroxylation is 1. The van der Waals surface area contributed by atoms with Gasteiger partial charge in [-0.15, -0.1) is 0 Å². The third-order valence-corrected chi connectivity index (χ3v) is 4.81. The summed E-state index contributed by atoms with van der Waals surface area (Å²) in [6, 6.07) is 6.30. The highest BCUT2D eigenvalue weighted by atomic mass is 16.7. The Labute approximate surface area is 128 Å². The van der Waals surface area contributed by atoms with E-state index in [-0.39, 0.29) is 18.3 Å². The van der Waals surface area contributed by atoms with Crippen molar-refractivity contribution in [3.05, 3.63) is 23.8 Å². The quantitative estimate of drug-likeness (QED) is 0.797. The number of hydrogen-bond donors (Lipinski definition) is 0. The second kappa shape index (κ2) is 5.03. The van der Waals surface area contributed by atoms with Crippen molar-refractivity contribution in [3.8, 4) is 5.75 Å². The minimum absolute atomic E-state index is 0.296. The van der Waals surface area contributed by atoms with Crippen LogP contribution in [0.4, 0.5) is 0 Å². The maximum absolute atomic E-state index is 6.12. The molecule has 0 amide bonds. The summed E-state index contributed by atoms with van der Waals surface area (Å²) >= 11 is 0. The maximum Gasteiger partial charge on any atom is 0.494 e. The van der Waals surface area contributed by atoms with Crippen molar-refractivity contribution in [3.63, 3.8) is 0 Å². The van der Waals surface area contributed by atoms with E-state index in [1.807, 2.05) is 0 Å². The van der Waals surface area contributed by atoms with Crippen molar-refractivity contribution in [2.24, 2.45) is 0 Å². The van der Waals surface area contributed by atoms with E-state index in [1.165, 1.54) is 18.4 Å². The minimum Gasteiger partial charge on any atom is -0.490 e. The van der Waals surface area contributed by atoms with Crippen LogP contribution in [0, 0.1) is 0 Å². The highest BCUT2D eigenvalue weighted by Crippen LogP contribution is 2.37. The summed E-state index contributed by atoms with van der Waals surface area (Å²) < 4.78 is 18.2. The lowest BCUT2D eigenvalue weighted by molar-refractivity contribution is 0.00578. The summed E-state index contributed by atoms with van der Waals surface area (Å²) in [5, 5.41) is 0. The zero-order valence-electron chi connectivity index (χ0n) is 13.7. The van der Waals surface area contributed by atoms with Crippen LogP contribution in [0.1, 0.15) is 53.0 Å². The number of benzene rings is 1. The molecular weight excluding hydrogens is 263 g/mol. The smallest absolute Gasteiger partial charge is 0.490 e. The van der Waals surface area contributed by atoms with Gasteiger partial charge < -0.3 is 14.0 Å². The van der Waals surface area contributed by atoms with E-state index < -0.39 is 0 Å². The van der Waals surface area contributed by atoms with Crippen LogP contribution in [0.3, 0.4) is 0 Å². The molecule has 0 bridgehead atoms. The van der Waals surface area contributed by atoms with Gasteiger partial charge in [0.2, 0.25) is 0 Å². The van der Waals surface area contributed by atoms with Gasteiger partial charge in [-0.05, 0) is 64.1 Å². The van der Waals surface area contributed by atoms with Crippen LogP contribution in [0.25, 0.3) is 0 Å². The number of ether oxygens (including phenoxy) is 1. The SMILES string of the molecule is CCc1cc(B2OC(C)(C)C(C)(C)O2)ccc1OC1CC1. The molecule has 21 heavy (non-hydrogen) atoms. The normalized spacial score (nSPS) is 23.4. The monoisotopic (exact) mass is 288 g/mol. The third-order valence-electron chi connectivity index (χ3n) is 4.81. The van der Waals surface area contributed by atoms with Gasteiger partial charge >= 0.3 is 7.12 Å². The summed E-state index contributed by atoms with van der Waals surface area (Å²) in [6.07, 6.45) is 3.75. The van der Waals surface area contributed by atoms with E-state index in [0.717, 1.165) is 17.6 Å². The molecule has 1 aliphatic heterocycles. The molecule has 2 aliphatic rings. The number of hydrogen-bond acceptors (Lipinski definition) is 3. The van der Waals surface area contributed by atoms with E-state index in [9.17, 15) is 0 Å². The molecule has 4 heteroatoms. The van der Waals surface area contributed by atoms with Gasteiger partial charge in [-0.3, -0.25) is 0 Å². The highest BCUT2D eigenvalue weighted by molar-refractivity contribution is 6.62. The topological polar surface area (TPSA) is 27.7 Å². The Morgan fingerprint density at radius 3 is 2.29 bits per heavy atom. The van der Waals surface area contributed by atoms with Crippen LogP contribution in [0.15, 0.2) is 18.2 Å². The lowest BCUT2D eigenvalue weighted by atomic mass is 9.78. The third kappa shape index (κ3) is 2.84. The molecule has 1 aromatic rings. The van der Waals surface area contributed by atoms with E-state index >= 15 is 0 Å². The Hall–Kier alpha value is -0.995. The van der Waals surface area contributed by atoms with Crippen LogP contribution in [0.5, 0.6) is 5.75 Å². The molecule has 1 aliphatic carbocycles. The molecule has 0 atom stereocenters. The van der Waals surface area contributed by atoms with Gasteiger partial charge in [0, 0.05) is 0 Å². The molecule has 1 aromatic carbocycles. The predicted molar refractivity (Wildman–Crippen MR) is 85.2 cm³/mol. The van der Waals surface area contributed by atoms with Crippen molar-refractivity contribution < 1.29 is 14.0 Å². The minimum atomic E-state index is -0.298. The first-order valence-electron chi connectivity index (χ1n) is 7.97. The molecular formula is C17H25BO3. The standard InChI is InChI=1S/C17H25BO3/c1-6-12-11-13(7-10-15(12)19-14-8-9-14)18-20-16(2,3)17(4,5)21-18/h7,10-11,14H,6,8-9H2,1-5H3. The average Bonchev–Trinajstić information content (AvgIpc) is 3.17. The van der Waals surface area contributed by atoms with Crippen LogP contribution in [0.2, 0.25) is 0 Å². The molecule has 3 rings (SSSR count). The first kappa shape index (κ1) is 14.9. The number of rotatable bonds is 4. The van der Waals surface area contributed by atoms with Gasteiger partial charge in [0.05, 0.1) is 17.3 Å². The summed E-state index contributed by atoms with van der Waals surface area (Å²) in [4.78, 5) is 0. The van der Waals surface area contributed by atoms with E-state index in [4.69, 9.17) is 14.0 Å². The fourth-order valence-corrected chi connectivity index (χ4v) is 2.48. The molecule has 0 N–H and O–H groups in total. The molecule has 114 valence electrons. The second-order valence-electron chi connectivity index (χ2n) is 7.13. The maximum atomic E-state index is 6.12. The molecule has 1 saturated carbocycles. The van der Waals surface area contributed by atoms with Crippen molar-refractivity contribution in [1.29, 1.82) is 0 Å². The predicted octanol–water partition coefficient (Wildman–Crippen LogP) is 3.09. The molecule has 0 aromatic heterocycles. The molecule has 0 spiro atoms. The van der Waals surface area contributed by atoms with Gasteiger partial charge in [-0.1, -0.05) is 19.1 Å². The average molecular weight is 288 g/mol. The summed E-state index contributed by atoms with van der Waals surface area (Å²) in [6.45, 7) is 10.5. The van der Waals surface area contributed by atoms with E-state index in [0.29, 0.717) is 6.10 Å². The molecule has 3 nitrogen and oxygen atoms in total. The summed E-state index contributed by atoms with van der Waals surface area (Å²) in [7, 11) is -0.296. The van der Waals surface area contributed by atoms with Crippen molar-refractivity contribution in [1.82, 2.24) is 0 Å². The van der Waals surface area contributed by atoms with Gasteiger partial charge in [0.25, 0.3) is 0 Å². The lowest BCUT2D eigenvalue weighted by Crippen LogP contribution is -2.41. The van der Waals surface area contributed by atoms with Gasteiger partial charge in [-0.2, -0.15) is 0 Å². The molecule has 1 saturated heterocycles. The van der Waals surface area contributed by atoms with Crippen LogP contribution < -0.4 is 10.2 Å². The first-order chi connectivity index (χ1) is 9.82. The Bertz CT molecular complexity index is 519. The van der Waals surface area contributed by atoms with Gasteiger partial charge in [0.1, 0.15) is 5.75 Å². The van der Waals surface area contributed by atoms with Crippen LogP contribution in [-0.4, -0.2) is 24.4 Å². The fraction of sp³-hybridized carbons (Fsp3) is 0.647. The Morgan fingerprint density at radius 1 is 1.14 bits per heavy atom. The lowest BCUT2D eigenvalue weighted by Gasteiger charge is -2.32. The van der Waals surface area contributed by atoms with Crippen LogP contribution >= 0.6 is 0 Å². The second-order valence-corrected chi connectivity index (χ2v) is 7.13. The van der Waals surface area contributed by atoms with Crippen molar-refractivity contribution in [2.45, 2.75) is 71.2 Å². The van der Waals surface area contributed by atoms with Crippen molar-refractivity contribution in [2.75, 3.05) is 0 Å². The first-order valence-corrected chi connectivity index (χ1v) is 7.97.